The number of allylic oxidation sites excluding steroid dienone is 1. The monoisotopic (exact) mass is 382 g/mol. The topological polar surface area (TPSA) is 69.7 Å². The average Bonchev–Trinajstić information content (AvgIpc) is 3.20. The minimum absolute atomic E-state index is 0.107. The van der Waals surface area contributed by atoms with E-state index >= 15 is 0 Å². The maximum absolute atomic E-state index is 13.1. The van der Waals surface area contributed by atoms with Gasteiger partial charge >= 0.3 is 5.97 Å². The minimum atomic E-state index is -0.761. The Morgan fingerprint density at radius 2 is 1.93 bits per heavy atom. The second-order valence-electron chi connectivity index (χ2n) is 6.82. The summed E-state index contributed by atoms with van der Waals surface area (Å²) in [5.41, 5.74) is 1.28. The highest BCUT2D eigenvalue weighted by Crippen LogP contribution is 2.48. The van der Waals surface area contributed by atoms with Gasteiger partial charge < -0.3 is 9.47 Å². The fourth-order valence-electron chi connectivity index (χ4n) is 3.65. The molecule has 0 radical (unpaired) electrons. The summed E-state index contributed by atoms with van der Waals surface area (Å²) >= 11 is 1.03. The zero-order chi connectivity index (χ0) is 19.3. The first-order valence-electron chi connectivity index (χ1n) is 8.75. The van der Waals surface area contributed by atoms with Gasteiger partial charge in [0.2, 0.25) is 11.6 Å². The molecule has 1 unspecified atom stereocenters. The van der Waals surface area contributed by atoms with Gasteiger partial charge in [0.15, 0.2) is 5.76 Å². The largest absolute Gasteiger partial charge is 0.478 e. The van der Waals surface area contributed by atoms with Crippen molar-refractivity contribution in [3.63, 3.8) is 0 Å². The minimum Gasteiger partial charge on any atom is -0.478 e. The van der Waals surface area contributed by atoms with Gasteiger partial charge in [-0.05, 0) is 31.9 Å². The molecular weight excluding hydrogens is 364 g/mol. The Morgan fingerprint density at radius 1 is 1.22 bits per heavy atom. The van der Waals surface area contributed by atoms with E-state index in [0.717, 1.165) is 16.9 Å². The fraction of sp³-hybridized carbons (Fsp3) is 0.286. The van der Waals surface area contributed by atoms with Crippen molar-refractivity contribution in [3.05, 3.63) is 68.1 Å². The maximum Gasteiger partial charge on any atom is 0.348 e. The van der Waals surface area contributed by atoms with Crippen molar-refractivity contribution >= 4 is 28.9 Å². The molecule has 1 aromatic heterocycles. The summed E-state index contributed by atoms with van der Waals surface area (Å²) in [5, 5.41) is 0. The van der Waals surface area contributed by atoms with E-state index < -0.39 is 11.6 Å². The van der Waals surface area contributed by atoms with E-state index in [1.807, 2.05) is 37.3 Å². The molecule has 0 fully saturated rings. The summed E-state index contributed by atoms with van der Waals surface area (Å²) in [6.07, 6.45) is 0.321. The molecule has 2 aromatic rings. The van der Waals surface area contributed by atoms with Gasteiger partial charge in [0.1, 0.15) is 10.5 Å². The number of Topliss-reactive ketones (excluding diaryl/α,β-unsaturated/α-hetero) is 2. The Bertz CT molecular complexity index is 1010. The van der Waals surface area contributed by atoms with E-state index in [1.54, 1.807) is 13.8 Å². The molecule has 1 atom stereocenters. The third kappa shape index (κ3) is 2.55. The van der Waals surface area contributed by atoms with Gasteiger partial charge in [-0.3, -0.25) is 9.59 Å². The van der Waals surface area contributed by atoms with E-state index in [-0.39, 0.29) is 29.5 Å². The van der Waals surface area contributed by atoms with Crippen LogP contribution in [0.25, 0.3) is 0 Å². The molecule has 0 amide bonds. The van der Waals surface area contributed by atoms with Gasteiger partial charge in [-0.1, -0.05) is 30.3 Å². The zero-order valence-electron chi connectivity index (χ0n) is 15.3. The van der Waals surface area contributed by atoms with Gasteiger partial charge in [0.05, 0.1) is 22.6 Å². The lowest BCUT2D eigenvalue weighted by molar-refractivity contribution is 0.0351. The quantitative estimate of drug-likeness (QED) is 0.744. The number of carbonyl (C=O) groups is 3. The lowest BCUT2D eigenvalue weighted by Crippen LogP contribution is -2.22. The number of ether oxygens (including phenoxy) is 2. The Labute approximate surface area is 160 Å². The molecule has 0 saturated heterocycles. The molecular formula is C21H18O5S. The van der Waals surface area contributed by atoms with Gasteiger partial charge in [-0.15, -0.1) is 11.3 Å². The molecule has 0 bridgehead atoms. The smallest absolute Gasteiger partial charge is 0.348 e. The average molecular weight is 382 g/mol. The third-order valence-electron chi connectivity index (χ3n) is 5.02. The van der Waals surface area contributed by atoms with Crippen LogP contribution < -0.4 is 0 Å². The van der Waals surface area contributed by atoms with Crippen molar-refractivity contribution in [2.45, 2.75) is 32.8 Å². The molecule has 1 aromatic carbocycles. The summed E-state index contributed by atoms with van der Waals surface area (Å²) in [4.78, 5) is 38.9. The normalized spacial score (nSPS) is 21.0. The summed E-state index contributed by atoms with van der Waals surface area (Å²) in [6.45, 7) is 5.50. The Balaban J connectivity index is 1.74. The molecule has 6 heteroatoms. The van der Waals surface area contributed by atoms with Crippen molar-refractivity contribution in [1.82, 2.24) is 0 Å². The molecule has 0 saturated carbocycles. The molecule has 138 valence electrons. The van der Waals surface area contributed by atoms with Crippen molar-refractivity contribution in [2.24, 2.45) is 0 Å². The lowest BCUT2D eigenvalue weighted by atomic mass is 9.86. The molecule has 2 aliphatic rings. The highest BCUT2D eigenvalue weighted by Gasteiger charge is 2.48. The highest BCUT2D eigenvalue weighted by molar-refractivity contribution is 7.16. The van der Waals surface area contributed by atoms with Gasteiger partial charge in [0.25, 0.3) is 0 Å². The molecule has 1 aliphatic heterocycles. The summed E-state index contributed by atoms with van der Waals surface area (Å²) in [7, 11) is 0. The number of thiophene rings is 1. The van der Waals surface area contributed by atoms with E-state index in [0.29, 0.717) is 27.3 Å². The summed E-state index contributed by atoms with van der Waals surface area (Å²) < 4.78 is 11.1. The lowest BCUT2D eigenvalue weighted by Gasteiger charge is -2.25. The number of ketones is 2. The van der Waals surface area contributed by atoms with Crippen LogP contribution in [0.4, 0.5) is 0 Å². The number of carbonyl (C=O) groups excluding carboxylic acids is 3. The molecule has 27 heavy (non-hydrogen) atoms. The second-order valence-corrected chi connectivity index (χ2v) is 7.84. The number of hydrogen-bond donors (Lipinski definition) is 0. The van der Waals surface area contributed by atoms with Crippen molar-refractivity contribution in [1.29, 1.82) is 0 Å². The van der Waals surface area contributed by atoms with Crippen molar-refractivity contribution in [2.75, 3.05) is 6.61 Å². The first-order valence-corrected chi connectivity index (χ1v) is 9.56. The number of hydrogen-bond acceptors (Lipinski definition) is 6. The number of esters is 1. The third-order valence-corrected chi connectivity index (χ3v) is 6.29. The van der Waals surface area contributed by atoms with Crippen LogP contribution in [0.2, 0.25) is 0 Å². The first kappa shape index (κ1) is 17.7. The predicted octanol–water partition coefficient (Wildman–Crippen LogP) is 4.20. The molecule has 4 rings (SSSR count). The second kappa shape index (κ2) is 6.16. The number of rotatable bonds is 3. The van der Waals surface area contributed by atoms with E-state index in [1.165, 1.54) is 0 Å². The van der Waals surface area contributed by atoms with Crippen LogP contribution in [-0.4, -0.2) is 24.1 Å². The highest BCUT2D eigenvalue weighted by atomic mass is 32.1. The van der Waals surface area contributed by atoms with Crippen LogP contribution in [0.15, 0.2) is 41.7 Å². The van der Waals surface area contributed by atoms with Crippen LogP contribution >= 0.6 is 11.3 Å². The van der Waals surface area contributed by atoms with Crippen LogP contribution in [-0.2, 0) is 15.1 Å². The molecule has 2 heterocycles. The van der Waals surface area contributed by atoms with Gasteiger partial charge in [-0.25, -0.2) is 4.79 Å². The maximum atomic E-state index is 13.1. The number of fused-ring (bicyclic) bond motifs is 1. The van der Waals surface area contributed by atoms with E-state index in [2.05, 4.69) is 0 Å². The Kier molecular flexibility index (Phi) is 4.03. The number of benzene rings is 1. The zero-order valence-corrected chi connectivity index (χ0v) is 16.1. The fourth-order valence-corrected chi connectivity index (χ4v) is 4.81. The first-order chi connectivity index (χ1) is 12.9. The molecule has 0 N–H and O–H groups in total. The SMILES string of the molecule is CCOC(=O)c1sc2c(c1C)C(=O)C1=C(CC(C)(c3ccccc3)O1)C2=O. The molecule has 0 spiro atoms. The van der Waals surface area contributed by atoms with E-state index in [4.69, 9.17) is 9.47 Å². The van der Waals surface area contributed by atoms with Crippen molar-refractivity contribution < 1.29 is 23.9 Å². The van der Waals surface area contributed by atoms with Gasteiger partial charge in [-0.2, -0.15) is 0 Å². The van der Waals surface area contributed by atoms with Crippen LogP contribution in [0.5, 0.6) is 0 Å². The van der Waals surface area contributed by atoms with Crippen LogP contribution in [0.3, 0.4) is 0 Å². The van der Waals surface area contributed by atoms with E-state index in [9.17, 15) is 14.4 Å². The molecule has 5 nitrogen and oxygen atoms in total. The van der Waals surface area contributed by atoms with Crippen LogP contribution in [0, 0.1) is 6.92 Å². The molecule has 1 aliphatic carbocycles. The van der Waals surface area contributed by atoms with Crippen molar-refractivity contribution in [3.8, 4) is 0 Å². The summed E-state index contributed by atoms with van der Waals surface area (Å²) in [5.74, 6) is -0.966. The Hall–Kier alpha value is -2.73. The van der Waals surface area contributed by atoms with Crippen LogP contribution in [0.1, 0.15) is 61.1 Å². The standard InChI is InChI=1S/C21H18O5S/c1-4-25-20(24)18-11(2)14-16(23)17-13(15(22)19(14)27-18)10-21(3,26-17)12-8-6-5-7-9-12/h5-9H,4,10H2,1-3H3. The predicted molar refractivity (Wildman–Crippen MR) is 100 cm³/mol. The Morgan fingerprint density at radius 3 is 2.59 bits per heavy atom. The van der Waals surface area contributed by atoms with Gasteiger partial charge in [0, 0.05) is 6.42 Å². The summed E-state index contributed by atoms with van der Waals surface area (Å²) in [6, 6.07) is 9.55.